The Morgan fingerprint density at radius 3 is 2.62 bits per heavy atom. The average molecular weight is 240 g/mol. The van der Waals surface area contributed by atoms with Gasteiger partial charge in [0.2, 0.25) is 0 Å². The maximum Gasteiger partial charge on any atom is 0.0798 e. The van der Waals surface area contributed by atoms with E-state index in [2.05, 4.69) is 6.92 Å². The molecule has 90 valence electrons. The number of benzene rings is 1. The number of aliphatic hydroxyl groups is 2. The Balaban J connectivity index is 2.78. The first-order chi connectivity index (χ1) is 7.69. The van der Waals surface area contributed by atoms with Crippen LogP contribution in [0.5, 0.6) is 0 Å². The Kier molecular flexibility index (Phi) is 5.88. The first kappa shape index (κ1) is 13.6. The fourth-order valence-electron chi connectivity index (χ4n) is 1.54. The van der Waals surface area contributed by atoms with Crippen molar-refractivity contribution in [3.05, 3.63) is 29.8 Å². The molecule has 1 aromatic carbocycles. The van der Waals surface area contributed by atoms with Gasteiger partial charge in [0.15, 0.2) is 0 Å². The number of rotatable bonds is 6. The smallest absolute Gasteiger partial charge is 0.0798 e. The largest absolute Gasteiger partial charge is 0.396 e. The van der Waals surface area contributed by atoms with E-state index in [0.717, 1.165) is 23.3 Å². The van der Waals surface area contributed by atoms with Gasteiger partial charge in [-0.05, 0) is 24.5 Å². The zero-order valence-corrected chi connectivity index (χ0v) is 10.7. The van der Waals surface area contributed by atoms with Crippen molar-refractivity contribution in [3.63, 3.8) is 0 Å². The molecule has 1 aromatic rings. The summed E-state index contributed by atoms with van der Waals surface area (Å²) in [6.45, 7) is 4.28. The summed E-state index contributed by atoms with van der Waals surface area (Å²) >= 11 is 1.72. The van der Waals surface area contributed by atoms with E-state index in [-0.39, 0.29) is 12.7 Å². The normalized spacial score (nSPS) is 14.8. The van der Waals surface area contributed by atoms with Crippen molar-refractivity contribution in [1.29, 1.82) is 0 Å². The Morgan fingerprint density at radius 2 is 2.00 bits per heavy atom. The summed E-state index contributed by atoms with van der Waals surface area (Å²) in [7, 11) is 0. The molecule has 1 unspecified atom stereocenters. The van der Waals surface area contributed by atoms with Gasteiger partial charge < -0.3 is 10.2 Å². The maximum absolute atomic E-state index is 9.89. The van der Waals surface area contributed by atoms with Crippen LogP contribution < -0.4 is 0 Å². The van der Waals surface area contributed by atoms with E-state index in [1.165, 1.54) is 0 Å². The van der Waals surface area contributed by atoms with Gasteiger partial charge in [0, 0.05) is 16.8 Å². The summed E-state index contributed by atoms with van der Waals surface area (Å²) in [6.07, 6.45) is 1.12. The van der Waals surface area contributed by atoms with Gasteiger partial charge in [-0.1, -0.05) is 32.0 Å². The van der Waals surface area contributed by atoms with Gasteiger partial charge in [0.25, 0.3) is 0 Å². The van der Waals surface area contributed by atoms with Gasteiger partial charge in [0.1, 0.15) is 0 Å². The summed E-state index contributed by atoms with van der Waals surface area (Å²) in [6, 6.07) is 7.95. The van der Waals surface area contributed by atoms with Gasteiger partial charge in [-0.15, -0.1) is 11.8 Å². The first-order valence-corrected chi connectivity index (χ1v) is 6.61. The molecule has 0 bridgehead atoms. The van der Waals surface area contributed by atoms with Crippen molar-refractivity contribution in [2.45, 2.75) is 42.9 Å². The highest BCUT2D eigenvalue weighted by molar-refractivity contribution is 8.00. The first-order valence-electron chi connectivity index (χ1n) is 5.73. The molecule has 0 aromatic heterocycles. The van der Waals surface area contributed by atoms with Gasteiger partial charge in [-0.3, -0.25) is 0 Å². The van der Waals surface area contributed by atoms with Crippen LogP contribution in [0.2, 0.25) is 0 Å². The summed E-state index contributed by atoms with van der Waals surface area (Å²) in [4.78, 5) is 1.12. The minimum absolute atomic E-state index is 0.215. The standard InChI is InChI=1S/C13H20O2S/c1-3-12(15)11-6-4-5-7-13(11)16-10(2)8-9-14/h4-7,10,12,14-15H,3,8-9H2,1-2H3/t10?,12-/m0/s1. The lowest BCUT2D eigenvalue weighted by Crippen LogP contribution is -2.02. The lowest BCUT2D eigenvalue weighted by Gasteiger charge is -2.16. The van der Waals surface area contributed by atoms with E-state index >= 15 is 0 Å². The van der Waals surface area contributed by atoms with Crippen molar-refractivity contribution in [2.75, 3.05) is 6.61 Å². The van der Waals surface area contributed by atoms with Gasteiger partial charge in [-0.2, -0.15) is 0 Å². The van der Waals surface area contributed by atoms with Crippen LogP contribution in [0.3, 0.4) is 0 Å². The molecule has 0 aliphatic rings. The molecule has 0 saturated heterocycles. The number of aliphatic hydroxyl groups excluding tert-OH is 2. The molecule has 0 spiro atoms. The van der Waals surface area contributed by atoms with Crippen molar-refractivity contribution >= 4 is 11.8 Å². The molecule has 0 amide bonds. The molecule has 0 saturated carbocycles. The molecule has 0 radical (unpaired) electrons. The Labute approximate surface area is 102 Å². The van der Waals surface area contributed by atoms with E-state index in [1.807, 2.05) is 31.2 Å². The molecule has 2 nitrogen and oxygen atoms in total. The summed E-state index contributed by atoms with van der Waals surface area (Å²) in [5.41, 5.74) is 1.000. The van der Waals surface area contributed by atoms with Crippen molar-refractivity contribution < 1.29 is 10.2 Å². The fraction of sp³-hybridized carbons (Fsp3) is 0.538. The number of thioether (sulfide) groups is 1. The van der Waals surface area contributed by atoms with E-state index in [9.17, 15) is 5.11 Å². The predicted octanol–water partition coefficient (Wildman–Crippen LogP) is 2.99. The van der Waals surface area contributed by atoms with Crippen molar-refractivity contribution in [2.24, 2.45) is 0 Å². The zero-order valence-electron chi connectivity index (χ0n) is 9.89. The Bertz CT molecular complexity index is 315. The van der Waals surface area contributed by atoms with Gasteiger partial charge in [-0.25, -0.2) is 0 Å². The van der Waals surface area contributed by atoms with Crippen LogP contribution in [0.15, 0.2) is 29.2 Å². The molecule has 0 heterocycles. The van der Waals surface area contributed by atoms with Crippen LogP contribution in [0.1, 0.15) is 38.4 Å². The fourth-order valence-corrected chi connectivity index (χ4v) is 2.69. The molecule has 16 heavy (non-hydrogen) atoms. The van der Waals surface area contributed by atoms with Gasteiger partial charge >= 0.3 is 0 Å². The van der Waals surface area contributed by atoms with E-state index < -0.39 is 0 Å². The highest BCUT2D eigenvalue weighted by atomic mass is 32.2. The van der Waals surface area contributed by atoms with Crippen molar-refractivity contribution in [1.82, 2.24) is 0 Å². The van der Waals surface area contributed by atoms with Crippen LogP contribution in [-0.2, 0) is 0 Å². The second-order valence-electron chi connectivity index (χ2n) is 3.90. The zero-order chi connectivity index (χ0) is 12.0. The monoisotopic (exact) mass is 240 g/mol. The lowest BCUT2D eigenvalue weighted by molar-refractivity contribution is 0.171. The second-order valence-corrected chi connectivity index (χ2v) is 5.38. The highest BCUT2D eigenvalue weighted by Gasteiger charge is 2.12. The Morgan fingerprint density at radius 1 is 1.31 bits per heavy atom. The van der Waals surface area contributed by atoms with E-state index in [0.29, 0.717) is 5.25 Å². The van der Waals surface area contributed by atoms with Crippen LogP contribution in [0.25, 0.3) is 0 Å². The second kappa shape index (κ2) is 6.94. The number of hydrogen-bond donors (Lipinski definition) is 2. The quantitative estimate of drug-likeness (QED) is 0.751. The third-order valence-electron chi connectivity index (χ3n) is 2.53. The third-order valence-corrected chi connectivity index (χ3v) is 3.79. The molecule has 3 heteroatoms. The minimum atomic E-state index is -0.384. The molecular weight excluding hydrogens is 220 g/mol. The topological polar surface area (TPSA) is 40.5 Å². The Hall–Kier alpha value is -0.510. The summed E-state index contributed by atoms with van der Waals surface area (Å²) in [5, 5.41) is 19.1. The highest BCUT2D eigenvalue weighted by Crippen LogP contribution is 2.32. The molecule has 0 fully saturated rings. The molecule has 1 rings (SSSR count). The average Bonchev–Trinajstić information content (AvgIpc) is 2.29. The summed E-state index contributed by atoms with van der Waals surface area (Å²) < 4.78 is 0. The maximum atomic E-state index is 9.89. The minimum Gasteiger partial charge on any atom is -0.396 e. The molecule has 0 aliphatic heterocycles. The molecular formula is C13H20O2S. The molecule has 2 N–H and O–H groups in total. The van der Waals surface area contributed by atoms with Crippen LogP contribution in [-0.4, -0.2) is 22.1 Å². The van der Waals surface area contributed by atoms with Crippen LogP contribution in [0, 0.1) is 0 Å². The lowest BCUT2D eigenvalue weighted by atomic mass is 10.1. The van der Waals surface area contributed by atoms with Crippen LogP contribution >= 0.6 is 11.8 Å². The molecule has 0 aliphatic carbocycles. The van der Waals surface area contributed by atoms with Gasteiger partial charge in [0.05, 0.1) is 6.10 Å². The van der Waals surface area contributed by atoms with Crippen LogP contribution in [0.4, 0.5) is 0 Å². The SMILES string of the molecule is CC[C@H](O)c1ccccc1SC(C)CCO. The third kappa shape index (κ3) is 3.81. The van der Waals surface area contributed by atoms with E-state index in [4.69, 9.17) is 5.11 Å². The van der Waals surface area contributed by atoms with E-state index in [1.54, 1.807) is 11.8 Å². The summed E-state index contributed by atoms with van der Waals surface area (Å²) in [5.74, 6) is 0. The molecule has 2 atom stereocenters. The van der Waals surface area contributed by atoms with Crippen molar-refractivity contribution in [3.8, 4) is 0 Å². The predicted molar refractivity (Wildman–Crippen MR) is 68.7 cm³/mol. The number of hydrogen-bond acceptors (Lipinski definition) is 3.